The largest absolute Gasteiger partial charge is 0.465 e. The molecule has 6 atom stereocenters. The van der Waals surface area contributed by atoms with Crippen LogP contribution in [0.15, 0.2) is 85.2 Å². The van der Waals surface area contributed by atoms with Crippen LogP contribution in [0.1, 0.15) is 62.8 Å². The quantitative estimate of drug-likeness (QED) is 0.0374. The number of pyridine rings is 2. The minimum absolute atomic E-state index is 0.200. The summed E-state index contributed by atoms with van der Waals surface area (Å²) < 4.78 is 113. The second kappa shape index (κ2) is 23.7. The number of amides is 4. The molecule has 414 valence electrons. The van der Waals surface area contributed by atoms with E-state index in [1.807, 2.05) is 17.4 Å². The number of alkyl halides is 6. The summed E-state index contributed by atoms with van der Waals surface area (Å²) in [7, 11) is 0.862. The molecule has 3 saturated heterocycles. The minimum atomic E-state index is -5.17. The highest BCUT2D eigenvalue weighted by Crippen LogP contribution is 2.42. The Morgan fingerprint density at radius 2 is 1.43 bits per heavy atom. The SMILES string of the molecule is COC(=O)N[C@H](C(=O)N[C@@H](Cc1ccc(C#Cc2ccc(N3CC4CCC(C3)N4C3COC3)nc2)cc1)[C@@H](O)CN(Cc1ccc(-c2ccccn2)cc1F)NC(=O)[C@@H](NC(=O)O)C(C)(C)C(F)(F)F)C(C)(C)C(F)(F)F. The zero-order chi connectivity index (χ0) is 56.0. The number of aliphatic hydroxyl groups excluding tert-OH is 1. The van der Waals surface area contributed by atoms with Crippen LogP contribution in [0, 0.1) is 28.5 Å². The van der Waals surface area contributed by atoms with Crippen molar-refractivity contribution in [2.45, 2.75) is 108 Å². The van der Waals surface area contributed by atoms with E-state index in [1.165, 1.54) is 18.3 Å². The van der Waals surface area contributed by atoms with Crippen LogP contribution in [0.4, 0.5) is 46.1 Å². The minimum Gasteiger partial charge on any atom is -0.465 e. The number of carbonyl (C=O) groups excluding carboxylic acids is 3. The van der Waals surface area contributed by atoms with E-state index in [1.54, 1.807) is 54.0 Å². The molecule has 7 rings (SSSR count). The second-order valence-electron chi connectivity index (χ2n) is 20.4. The van der Waals surface area contributed by atoms with Gasteiger partial charge in [0.15, 0.2) is 0 Å². The Labute approximate surface area is 439 Å². The number of piperazine rings is 1. The van der Waals surface area contributed by atoms with Crippen molar-refractivity contribution in [1.29, 1.82) is 0 Å². The van der Waals surface area contributed by atoms with Crippen molar-refractivity contribution in [3.8, 4) is 23.1 Å². The average Bonchev–Trinajstić information content (AvgIpc) is 3.64. The number of fused-ring (bicyclic) bond motifs is 2. The molecule has 6 N–H and O–H groups in total. The molecule has 3 fully saturated rings. The molecule has 2 bridgehead atoms. The molecule has 0 aliphatic carbocycles. The molecule has 3 aliphatic rings. The van der Waals surface area contributed by atoms with Gasteiger partial charge in [-0.3, -0.25) is 24.9 Å². The fraction of sp³-hybridized carbons (Fsp3) is 0.472. The lowest BCUT2D eigenvalue weighted by molar-refractivity contribution is -0.221. The van der Waals surface area contributed by atoms with E-state index in [-0.39, 0.29) is 12.0 Å². The van der Waals surface area contributed by atoms with Gasteiger partial charge in [0.2, 0.25) is 5.91 Å². The van der Waals surface area contributed by atoms with Crippen molar-refractivity contribution in [2.24, 2.45) is 10.8 Å². The first-order valence-corrected chi connectivity index (χ1v) is 24.6. The number of alkyl carbamates (subject to hydrolysis) is 1. The van der Waals surface area contributed by atoms with Crippen LogP contribution >= 0.6 is 0 Å². The van der Waals surface area contributed by atoms with Gasteiger partial charge in [-0.05, 0) is 95.0 Å². The van der Waals surface area contributed by atoms with Gasteiger partial charge in [0.05, 0.1) is 55.0 Å². The van der Waals surface area contributed by atoms with Crippen molar-refractivity contribution in [3.63, 3.8) is 0 Å². The van der Waals surface area contributed by atoms with Crippen molar-refractivity contribution in [2.75, 3.05) is 44.9 Å². The number of hydrogen-bond acceptors (Lipinski definition) is 12. The van der Waals surface area contributed by atoms with Gasteiger partial charge in [0.1, 0.15) is 23.7 Å². The summed E-state index contributed by atoms with van der Waals surface area (Å²) in [5.74, 6) is 3.03. The third kappa shape index (κ3) is 13.7. The normalized spacial score (nSPS) is 18.7. The van der Waals surface area contributed by atoms with Crippen LogP contribution in [0.25, 0.3) is 11.3 Å². The van der Waals surface area contributed by atoms with Crippen LogP contribution < -0.4 is 26.3 Å². The van der Waals surface area contributed by atoms with Crippen molar-refractivity contribution in [1.82, 2.24) is 41.3 Å². The molecule has 24 heteroatoms. The maximum atomic E-state index is 16.0. The average molecular weight is 1080 g/mol. The van der Waals surface area contributed by atoms with Gasteiger partial charge in [0, 0.05) is 72.9 Å². The molecular weight excluding hydrogens is 1020 g/mol. The van der Waals surface area contributed by atoms with Crippen LogP contribution in [0.5, 0.6) is 0 Å². The summed E-state index contributed by atoms with van der Waals surface area (Å²) in [6.07, 6.45) is -10.6. The first-order valence-electron chi connectivity index (χ1n) is 24.6. The highest BCUT2D eigenvalue weighted by Gasteiger charge is 2.57. The number of nitrogens with one attached hydrogen (secondary N) is 4. The maximum Gasteiger partial charge on any atom is 0.407 e. The number of hydrogen-bond donors (Lipinski definition) is 6. The molecule has 0 spiro atoms. The number of aliphatic hydroxyl groups is 1. The smallest absolute Gasteiger partial charge is 0.407 e. The van der Waals surface area contributed by atoms with Crippen LogP contribution in [-0.2, 0) is 32.0 Å². The van der Waals surface area contributed by atoms with E-state index < -0.39 is 90.3 Å². The first-order chi connectivity index (χ1) is 36.2. The summed E-state index contributed by atoms with van der Waals surface area (Å²) in [6.45, 7) is 4.10. The van der Waals surface area contributed by atoms with Gasteiger partial charge >= 0.3 is 24.5 Å². The Hall–Kier alpha value is -7.07. The first kappa shape index (κ1) is 57.6. The van der Waals surface area contributed by atoms with Gasteiger partial charge < -0.3 is 40.5 Å². The number of anilines is 1. The molecule has 2 aromatic heterocycles. The molecule has 4 amide bonds. The summed E-state index contributed by atoms with van der Waals surface area (Å²) in [4.78, 5) is 65.9. The lowest BCUT2D eigenvalue weighted by Gasteiger charge is -2.47. The van der Waals surface area contributed by atoms with Crippen LogP contribution in [0.2, 0.25) is 0 Å². The van der Waals surface area contributed by atoms with Crippen LogP contribution in [0.3, 0.4) is 0 Å². The van der Waals surface area contributed by atoms with Crippen molar-refractivity contribution < 1.29 is 69.6 Å². The van der Waals surface area contributed by atoms with E-state index >= 15 is 4.39 Å². The van der Waals surface area contributed by atoms with Gasteiger partial charge in [-0.15, -0.1) is 0 Å². The molecule has 3 aliphatic heterocycles. The Kier molecular flexibility index (Phi) is 17.7. The number of ether oxygens (including phenoxy) is 2. The summed E-state index contributed by atoms with van der Waals surface area (Å²) >= 11 is 0. The number of aromatic nitrogens is 2. The predicted molar refractivity (Wildman–Crippen MR) is 266 cm³/mol. The highest BCUT2D eigenvalue weighted by atomic mass is 19.4. The monoisotopic (exact) mass is 1080 g/mol. The molecular formula is C53H60F7N9O8. The molecule has 77 heavy (non-hydrogen) atoms. The zero-order valence-electron chi connectivity index (χ0n) is 42.7. The number of benzene rings is 2. The summed E-state index contributed by atoms with van der Waals surface area (Å²) in [5.41, 5.74) is -1.87. The number of rotatable bonds is 18. The second-order valence-corrected chi connectivity index (χ2v) is 20.4. The summed E-state index contributed by atoms with van der Waals surface area (Å²) in [5, 5.41) is 28.2. The number of halogens is 7. The molecule has 0 radical (unpaired) electrons. The van der Waals surface area contributed by atoms with Gasteiger partial charge in [-0.25, -0.2) is 24.0 Å². The Morgan fingerprint density at radius 3 is 1.96 bits per heavy atom. The van der Waals surface area contributed by atoms with E-state index in [9.17, 15) is 55.7 Å². The van der Waals surface area contributed by atoms with E-state index in [0.717, 1.165) is 63.1 Å². The number of nitrogens with zero attached hydrogens (tertiary/aromatic N) is 5. The van der Waals surface area contributed by atoms with Crippen molar-refractivity contribution in [3.05, 3.63) is 113 Å². The fourth-order valence-corrected chi connectivity index (χ4v) is 9.51. The molecule has 2 aromatic carbocycles. The standard InChI is InChI=1S/C53H60F7N9O8/c1-50(2,52(55,56)57)44(65-49(75)76-5)46(71)63-41(22-32-12-9-31(10-13-32)11-14-33-15-20-43(62-24-33)67-26-36-18-19-37(27-67)69(36)38-29-77-30-38)42(70)28-68(66-47(72)45(64-48(73)74)51(3,4)53(58,59)60)25-35-17-16-34(23-39(35)54)40-8-6-7-21-61-40/h6-10,12-13,15-17,20-21,23-24,36-38,41-42,44-45,64,70H,18-19,22,25-30H2,1-5H3,(H,63,71)(H,65,75)(H,66,72)(H,73,74)/t36?,37?,41-,42-,44+,45+/m0/s1. The van der Waals surface area contributed by atoms with E-state index in [4.69, 9.17) is 9.72 Å². The lowest BCUT2D eigenvalue weighted by atomic mass is 9.82. The van der Waals surface area contributed by atoms with E-state index in [0.29, 0.717) is 73.8 Å². The highest BCUT2D eigenvalue weighted by molar-refractivity contribution is 5.87. The van der Waals surface area contributed by atoms with Gasteiger partial charge in [-0.2, -0.15) is 26.3 Å². The lowest BCUT2D eigenvalue weighted by Crippen LogP contribution is -2.63. The van der Waals surface area contributed by atoms with Crippen LogP contribution in [-0.4, -0.2) is 149 Å². The Balaban J connectivity index is 1.15. The maximum absolute atomic E-state index is 16.0. The topological polar surface area (TPSA) is 211 Å². The van der Waals surface area contributed by atoms with Gasteiger partial charge in [-0.1, -0.05) is 42.2 Å². The number of carbonyl (C=O) groups is 4. The summed E-state index contributed by atoms with van der Waals surface area (Å²) in [6, 6.07) is 13.6. The Bertz CT molecular complexity index is 2780. The molecule has 5 heterocycles. The molecule has 17 nitrogen and oxygen atoms in total. The number of carboxylic acid groups (broad SMARTS) is 1. The third-order valence-electron chi connectivity index (χ3n) is 14.4. The molecule has 2 unspecified atom stereocenters. The number of methoxy groups -OCH3 is 1. The molecule has 0 saturated carbocycles. The Morgan fingerprint density at radius 1 is 0.805 bits per heavy atom. The van der Waals surface area contributed by atoms with Crippen molar-refractivity contribution >= 4 is 29.8 Å². The number of hydrazine groups is 1. The van der Waals surface area contributed by atoms with Gasteiger partial charge in [0.25, 0.3) is 5.91 Å². The van der Waals surface area contributed by atoms with E-state index in [2.05, 4.69) is 42.1 Å². The third-order valence-corrected chi connectivity index (χ3v) is 14.4. The fourth-order valence-electron chi connectivity index (χ4n) is 9.51. The zero-order valence-corrected chi connectivity index (χ0v) is 42.7. The predicted octanol–water partition coefficient (Wildman–Crippen LogP) is 6.19. The molecule has 4 aromatic rings.